The van der Waals surface area contributed by atoms with E-state index in [-0.39, 0.29) is 0 Å². The van der Waals surface area contributed by atoms with Gasteiger partial charge < -0.3 is 24.1 Å². The zero-order valence-corrected chi connectivity index (χ0v) is 13.7. The highest BCUT2D eigenvalue weighted by Crippen LogP contribution is 2.70. The number of ether oxygens (including phenoxy) is 4. The molecule has 134 valence electrons. The van der Waals surface area contributed by atoms with E-state index < -0.39 is 46.9 Å². The lowest BCUT2D eigenvalue weighted by molar-refractivity contribution is -0.189. The van der Waals surface area contributed by atoms with E-state index in [2.05, 4.69) is 0 Å². The van der Waals surface area contributed by atoms with Crippen molar-refractivity contribution < 1.29 is 33.6 Å². The molecule has 1 spiro atoms. The summed E-state index contributed by atoms with van der Waals surface area (Å²) in [7, 11) is 0. The van der Waals surface area contributed by atoms with Crippen molar-refractivity contribution in [2.75, 3.05) is 0 Å². The minimum Gasteiger partial charge on any atom is -0.446 e. The molecule has 5 aliphatic rings. The lowest BCUT2D eigenvalue weighted by Gasteiger charge is -2.44. The molecule has 2 aromatic carbocycles. The van der Waals surface area contributed by atoms with E-state index in [9.17, 15) is 14.7 Å². The molecule has 2 saturated heterocycles. The first-order valence-corrected chi connectivity index (χ1v) is 8.76. The number of fused-ring (bicyclic) bond motifs is 2. The number of carbonyl (C=O) groups is 2. The molecule has 27 heavy (non-hydrogen) atoms. The fraction of sp³-hybridized carbons (Fsp3) is 0.300. The molecule has 0 radical (unpaired) electrons. The molecule has 3 fully saturated rings. The minimum atomic E-state index is -1.77. The van der Waals surface area contributed by atoms with Crippen molar-refractivity contribution in [1.82, 2.24) is 0 Å². The summed E-state index contributed by atoms with van der Waals surface area (Å²) < 4.78 is 24.0. The number of benzene rings is 2. The Morgan fingerprint density at radius 3 is 2.41 bits per heavy atom. The first-order valence-electron chi connectivity index (χ1n) is 8.76. The fourth-order valence-electron chi connectivity index (χ4n) is 5.08. The number of epoxide rings is 2. The number of carbonyl (C=O) groups excluding carboxylic acids is 2. The van der Waals surface area contributed by atoms with Crippen LogP contribution in [0.4, 0.5) is 0 Å². The van der Waals surface area contributed by atoms with E-state index in [4.69, 9.17) is 18.9 Å². The van der Waals surface area contributed by atoms with Gasteiger partial charge in [-0.25, -0.2) is 0 Å². The molecule has 7 nitrogen and oxygen atoms in total. The van der Waals surface area contributed by atoms with Crippen LogP contribution in [0.1, 0.15) is 0 Å². The van der Waals surface area contributed by atoms with Crippen molar-refractivity contribution in [2.24, 2.45) is 0 Å². The highest BCUT2D eigenvalue weighted by molar-refractivity contribution is 6.15. The quantitative estimate of drug-likeness (QED) is 0.686. The number of Topliss-reactive ketones (excluding diaryl/α,β-unsaturated/α-hetero) is 1. The average Bonchev–Trinajstić information content (AvgIpc) is 3.57. The Hall–Kier alpha value is -2.74. The summed E-state index contributed by atoms with van der Waals surface area (Å²) in [5.41, 5.74) is -3.49. The van der Waals surface area contributed by atoms with Gasteiger partial charge in [0.05, 0.1) is 5.39 Å². The third kappa shape index (κ3) is 1.24. The van der Waals surface area contributed by atoms with Crippen LogP contribution in [0.3, 0.4) is 0 Å². The first-order chi connectivity index (χ1) is 13.1. The van der Waals surface area contributed by atoms with Crippen molar-refractivity contribution in [3.05, 3.63) is 48.6 Å². The molecule has 7 rings (SSSR count). The third-order valence-electron chi connectivity index (χ3n) is 6.32. The highest BCUT2D eigenvalue weighted by atomic mass is 16.8. The highest BCUT2D eigenvalue weighted by Gasteiger charge is 3.00. The van der Waals surface area contributed by atoms with Gasteiger partial charge in [-0.2, -0.15) is 0 Å². The Bertz CT molecular complexity index is 1100. The Labute approximate surface area is 152 Å². The molecule has 5 atom stereocenters. The second-order valence-electron chi connectivity index (χ2n) is 7.51. The van der Waals surface area contributed by atoms with Crippen LogP contribution >= 0.6 is 0 Å². The molecular weight excluding hydrogens is 352 g/mol. The SMILES string of the molecule is O=C1[C@H]2O[C@H]2C2(Oc3cccc4cccc(c34)O2)[C@]23O[C@@]12[C@@H](O)C=CC3=O. The lowest BCUT2D eigenvalue weighted by atomic mass is 9.67. The van der Waals surface area contributed by atoms with Crippen LogP contribution in [-0.4, -0.2) is 52.0 Å². The maximum absolute atomic E-state index is 13.0. The molecule has 0 bridgehead atoms. The monoisotopic (exact) mass is 364 g/mol. The maximum Gasteiger partial charge on any atom is 0.321 e. The Morgan fingerprint density at radius 2 is 1.70 bits per heavy atom. The molecule has 2 aliphatic carbocycles. The predicted octanol–water partition coefficient (Wildman–Crippen LogP) is 0.665. The van der Waals surface area contributed by atoms with Crippen molar-refractivity contribution in [2.45, 2.75) is 35.3 Å². The summed E-state index contributed by atoms with van der Waals surface area (Å²) >= 11 is 0. The van der Waals surface area contributed by atoms with Gasteiger partial charge in [0.2, 0.25) is 11.4 Å². The Kier molecular flexibility index (Phi) is 2.08. The van der Waals surface area contributed by atoms with Gasteiger partial charge in [0.25, 0.3) is 5.60 Å². The molecule has 0 unspecified atom stereocenters. The molecular formula is C20H12O7. The van der Waals surface area contributed by atoms with Gasteiger partial charge in [-0.1, -0.05) is 24.3 Å². The zero-order chi connectivity index (χ0) is 18.2. The van der Waals surface area contributed by atoms with Crippen LogP contribution in [0.25, 0.3) is 10.8 Å². The zero-order valence-electron chi connectivity index (χ0n) is 13.7. The lowest BCUT2D eigenvalue weighted by Crippen LogP contribution is -2.72. The van der Waals surface area contributed by atoms with Gasteiger partial charge in [-0.3, -0.25) is 9.59 Å². The van der Waals surface area contributed by atoms with E-state index in [1.54, 1.807) is 12.1 Å². The minimum absolute atomic E-state index is 0.437. The predicted molar refractivity (Wildman–Crippen MR) is 88.3 cm³/mol. The Morgan fingerprint density at radius 1 is 1.00 bits per heavy atom. The fourth-order valence-corrected chi connectivity index (χ4v) is 5.08. The van der Waals surface area contributed by atoms with Crippen molar-refractivity contribution in [3.8, 4) is 11.5 Å². The smallest absolute Gasteiger partial charge is 0.321 e. The summed E-state index contributed by atoms with van der Waals surface area (Å²) in [4.78, 5) is 25.8. The normalized spacial score (nSPS) is 41.3. The summed E-state index contributed by atoms with van der Waals surface area (Å²) in [6.07, 6.45) is -0.392. The summed E-state index contributed by atoms with van der Waals surface area (Å²) in [6, 6.07) is 11.1. The number of rotatable bonds is 0. The summed E-state index contributed by atoms with van der Waals surface area (Å²) in [5.74, 6) is -1.53. The van der Waals surface area contributed by atoms with E-state index >= 15 is 0 Å². The molecule has 1 saturated carbocycles. The van der Waals surface area contributed by atoms with Gasteiger partial charge >= 0.3 is 5.79 Å². The largest absolute Gasteiger partial charge is 0.446 e. The van der Waals surface area contributed by atoms with Crippen LogP contribution in [0.15, 0.2) is 48.6 Å². The van der Waals surface area contributed by atoms with E-state index in [1.165, 1.54) is 12.2 Å². The van der Waals surface area contributed by atoms with Gasteiger partial charge in [0.1, 0.15) is 17.6 Å². The molecule has 3 aliphatic heterocycles. The number of hydrogen-bond donors (Lipinski definition) is 1. The van der Waals surface area contributed by atoms with Crippen LogP contribution < -0.4 is 9.47 Å². The average molecular weight is 364 g/mol. The number of hydrogen-bond acceptors (Lipinski definition) is 7. The molecule has 1 N–H and O–H groups in total. The van der Waals surface area contributed by atoms with Gasteiger partial charge in [-0.15, -0.1) is 0 Å². The van der Waals surface area contributed by atoms with E-state index in [0.29, 0.717) is 11.5 Å². The molecule has 0 aromatic heterocycles. The second-order valence-corrected chi connectivity index (χ2v) is 7.51. The van der Waals surface area contributed by atoms with E-state index in [1.807, 2.05) is 24.3 Å². The van der Waals surface area contributed by atoms with Crippen LogP contribution in [-0.2, 0) is 19.1 Å². The summed E-state index contributed by atoms with van der Waals surface area (Å²) in [5, 5.41) is 12.2. The molecule has 0 amide bonds. The summed E-state index contributed by atoms with van der Waals surface area (Å²) in [6.45, 7) is 0. The van der Waals surface area contributed by atoms with Crippen molar-refractivity contribution in [3.63, 3.8) is 0 Å². The maximum atomic E-state index is 13.0. The van der Waals surface area contributed by atoms with Gasteiger partial charge in [-0.05, 0) is 29.7 Å². The van der Waals surface area contributed by atoms with Crippen molar-refractivity contribution >= 4 is 22.3 Å². The van der Waals surface area contributed by atoms with Gasteiger partial charge in [0, 0.05) is 0 Å². The second kappa shape index (κ2) is 3.91. The first kappa shape index (κ1) is 14.3. The van der Waals surface area contributed by atoms with Crippen LogP contribution in [0, 0.1) is 0 Å². The molecule has 3 heterocycles. The number of aliphatic hydroxyl groups excluding tert-OH is 1. The number of aliphatic hydroxyl groups is 1. The van der Waals surface area contributed by atoms with Gasteiger partial charge in [0.15, 0.2) is 18.0 Å². The third-order valence-corrected chi connectivity index (χ3v) is 6.32. The Balaban J connectivity index is 1.51. The van der Waals surface area contributed by atoms with Crippen molar-refractivity contribution in [1.29, 1.82) is 0 Å². The van der Waals surface area contributed by atoms with Crippen LogP contribution in [0.5, 0.6) is 11.5 Å². The van der Waals surface area contributed by atoms with E-state index in [0.717, 1.165) is 10.8 Å². The standard InChI is InChI=1S/C20H12O7/c21-12-7-8-13(22)19-18(12,27-19)16(23)15-17(24-15)20(19)25-10-5-1-3-9-4-2-6-11(26-20)14(9)10/h1-8,12,15,17,21H/t12-,15+,17+,18-,19+/m0/s1. The molecule has 7 heteroatoms. The van der Waals surface area contributed by atoms with Crippen LogP contribution in [0.2, 0.25) is 0 Å². The molecule has 2 aromatic rings. The number of ketones is 2. The topological polar surface area (TPSA) is 97.9 Å².